The minimum absolute atomic E-state index is 0.121. The van der Waals surface area contributed by atoms with Crippen LogP contribution in [0.15, 0.2) is 18.3 Å². The van der Waals surface area contributed by atoms with E-state index >= 15 is 0 Å². The Morgan fingerprint density at radius 3 is 2.60 bits per heavy atom. The molecule has 4 N–H and O–H groups in total. The largest absolute Gasteiger partial charge is 0.481 e. The smallest absolute Gasteiger partial charge is 0.305 e. The van der Waals surface area contributed by atoms with E-state index < -0.39 is 12.0 Å². The number of carbonyl (C=O) groups is 2. The van der Waals surface area contributed by atoms with Gasteiger partial charge in [0.15, 0.2) is 0 Å². The van der Waals surface area contributed by atoms with Crippen molar-refractivity contribution in [3.63, 3.8) is 0 Å². The predicted octanol–water partition coefficient (Wildman–Crippen LogP) is 1.16. The molecule has 20 heavy (non-hydrogen) atoms. The standard InChI is InChI=1S/C14H21N3O3/c1-14(2,3)11(7-12(18)19)17-13(20)9-4-5-16-10(6-9)8-15/h4-6,11H,7-8,15H2,1-3H3,(H,17,20)(H,18,19). The molecule has 0 fully saturated rings. The molecule has 1 aromatic heterocycles. The van der Waals surface area contributed by atoms with Gasteiger partial charge in [-0.25, -0.2) is 0 Å². The fourth-order valence-corrected chi connectivity index (χ4v) is 1.72. The maximum absolute atomic E-state index is 12.2. The summed E-state index contributed by atoms with van der Waals surface area (Å²) in [6.45, 7) is 5.91. The average molecular weight is 279 g/mol. The highest BCUT2D eigenvalue weighted by Gasteiger charge is 2.28. The molecule has 1 aromatic rings. The Bertz CT molecular complexity index is 495. The van der Waals surface area contributed by atoms with Crippen molar-refractivity contribution in [3.05, 3.63) is 29.6 Å². The predicted molar refractivity (Wildman–Crippen MR) is 75.1 cm³/mol. The molecule has 0 saturated heterocycles. The first kappa shape index (κ1) is 16.1. The van der Waals surface area contributed by atoms with Crippen LogP contribution in [0.5, 0.6) is 0 Å². The number of carboxylic acid groups (broad SMARTS) is 1. The van der Waals surface area contributed by atoms with Crippen LogP contribution in [0.25, 0.3) is 0 Å². The molecule has 0 aromatic carbocycles. The molecule has 0 bridgehead atoms. The van der Waals surface area contributed by atoms with Crippen molar-refractivity contribution in [3.8, 4) is 0 Å². The molecular formula is C14H21N3O3. The topological polar surface area (TPSA) is 105 Å². The zero-order valence-corrected chi connectivity index (χ0v) is 12.0. The maximum atomic E-state index is 12.2. The number of nitrogens with two attached hydrogens (primary N) is 1. The van der Waals surface area contributed by atoms with Crippen LogP contribution in [0.1, 0.15) is 43.2 Å². The Morgan fingerprint density at radius 2 is 2.10 bits per heavy atom. The average Bonchev–Trinajstić information content (AvgIpc) is 2.36. The molecule has 0 saturated carbocycles. The molecule has 110 valence electrons. The Balaban J connectivity index is 2.87. The van der Waals surface area contributed by atoms with Gasteiger partial charge in [0, 0.05) is 24.3 Å². The first-order valence-electron chi connectivity index (χ1n) is 6.41. The second-order valence-electron chi connectivity index (χ2n) is 5.73. The lowest BCUT2D eigenvalue weighted by atomic mass is 9.84. The number of amides is 1. The SMILES string of the molecule is CC(C)(C)C(CC(=O)O)NC(=O)c1ccnc(CN)c1. The van der Waals surface area contributed by atoms with Crippen LogP contribution >= 0.6 is 0 Å². The van der Waals surface area contributed by atoms with Crippen LogP contribution in [0.2, 0.25) is 0 Å². The van der Waals surface area contributed by atoms with Crippen molar-refractivity contribution >= 4 is 11.9 Å². The highest BCUT2D eigenvalue weighted by Crippen LogP contribution is 2.22. The summed E-state index contributed by atoms with van der Waals surface area (Å²) in [5.41, 5.74) is 6.18. The summed E-state index contributed by atoms with van der Waals surface area (Å²) in [5, 5.41) is 11.7. The molecule has 1 atom stereocenters. The molecule has 0 aliphatic heterocycles. The lowest BCUT2D eigenvalue weighted by Crippen LogP contribution is -2.45. The molecule has 0 aliphatic carbocycles. The van der Waals surface area contributed by atoms with E-state index in [0.29, 0.717) is 11.3 Å². The molecule has 0 aliphatic rings. The molecule has 0 radical (unpaired) electrons. The van der Waals surface area contributed by atoms with Crippen LogP contribution < -0.4 is 11.1 Å². The van der Waals surface area contributed by atoms with Gasteiger partial charge < -0.3 is 16.2 Å². The molecule has 1 amide bonds. The second kappa shape index (κ2) is 6.47. The van der Waals surface area contributed by atoms with Gasteiger partial charge in [-0.3, -0.25) is 14.6 Å². The van der Waals surface area contributed by atoms with E-state index in [2.05, 4.69) is 10.3 Å². The molecule has 1 unspecified atom stereocenters. The normalized spacial score (nSPS) is 12.8. The summed E-state index contributed by atoms with van der Waals surface area (Å²) in [6.07, 6.45) is 1.39. The van der Waals surface area contributed by atoms with E-state index in [0.717, 1.165) is 0 Å². The van der Waals surface area contributed by atoms with Gasteiger partial charge in [-0.1, -0.05) is 20.8 Å². The summed E-state index contributed by atoms with van der Waals surface area (Å²) in [7, 11) is 0. The number of nitrogens with one attached hydrogen (secondary N) is 1. The summed E-state index contributed by atoms with van der Waals surface area (Å²) in [5.74, 6) is -1.26. The van der Waals surface area contributed by atoms with Gasteiger partial charge in [0.05, 0.1) is 12.1 Å². The van der Waals surface area contributed by atoms with Crippen LogP contribution in [-0.2, 0) is 11.3 Å². The van der Waals surface area contributed by atoms with Crippen LogP contribution in [-0.4, -0.2) is 28.0 Å². The summed E-state index contributed by atoms with van der Waals surface area (Å²) < 4.78 is 0. The van der Waals surface area contributed by atoms with E-state index in [-0.39, 0.29) is 24.3 Å². The molecule has 1 rings (SSSR count). The van der Waals surface area contributed by atoms with Crippen molar-refractivity contribution in [1.29, 1.82) is 0 Å². The van der Waals surface area contributed by atoms with Crippen molar-refractivity contribution in [2.75, 3.05) is 0 Å². The van der Waals surface area contributed by atoms with Gasteiger partial charge in [-0.15, -0.1) is 0 Å². The number of hydrogen-bond donors (Lipinski definition) is 3. The second-order valence-corrected chi connectivity index (χ2v) is 5.73. The molecule has 6 heteroatoms. The van der Waals surface area contributed by atoms with Crippen LogP contribution in [0.4, 0.5) is 0 Å². The zero-order chi connectivity index (χ0) is 15.3. The Hall–Kier alpha value is -1.95. The van der Waals surface area contributed by atoms with Gasteiger partial charge in [0.1, 0.15) is 0 Å². The van der Waals surface area contributed by atoms with Gasteiger partial charge in [-0.05, 0) is 17.5 Å². The van der Waals surface area contributed by atoms with Crippen molar-refractivity contribution in [2.45, 2.75) is 39.8 Å². The van der Waals surface area contributed by atoms with Crippen molar-refractivity contribution in [1.82, 2.24) is 10.3 Å². The Labute approximate surface area is 118 Å². The maximum Gasteiger partial charge on any atom is 0.305 e. The summed E-state index contributed by atoms with van der Waals surface area (Å²) in [4.78, 5) is 27.1. The molecule has 0 spiro atoms. The van der Waals surface area contributed by atoms with Crippen molar-refractivity contribution in [2.24, 2.45) is 11.1 Å². The van der Waals surface area contributed by atoms with E-state index in [9.17, 15) is 9.59 Å². The highest BCUT2D eigenvalue weighted by molar-refractivity contribution is 5.94. The zero-order valence-electron chi connectivity index (χ0n) is 12.0. The van der Waals surface area contributed by atoms with Crippen LogP contribution in [0.3, 0.4) is 0 Å². The lowest BCUT2D eigenvalue weighted by molar-refractivity contribution is -0.138. The Morgan fingerprint density at radius 1 is 1.45 bits per heavy atom. The Kier molecular flexibility index (Phi) is 5.21. The van der Waals surface area contributed by atoms with E-state index in [4.69, 9.17) is 10.8 Å². The molecule has 6 nitrogen and oxygen atoms in total. The quantitative estimate of drug-likeness (QED) is 0.750. The fraction of sp³-hybridized carbons (Fsp3) is 0.500. The third kappa shape index (κ3) is 4.62. The van der Waals surface area contributed by atoms with Crippen molar-refractivity contribution < 1.29 is 14.7 Å². The fourth-order valence-electron chi connectivity index (χ4n) is 1.72. The highest BCUT2D eigenvalue weighted by atomic mass is 16.4. The third-order valence-electron chi connectivity index (χ3n) is 3.02. The number of aromatic nitrogens is 1. The number of pyridine rings is 1. The number of aliphatic carboxylic acids is 1. The number of carboxylic acids is 1. The van der Waals surface area contributed by atoms with E-state index in [1.165, 1.54) is 6.20 Å². The van der Waals surface area contributed by atoms with Gasteiger partial charge in [0.2, 0.25) is 0 Å². The monoisotopic (exact) mass is 279 g/mol. The lowest BCUT2D eigenvalue weighted by Gasteiger charge is -2.30. The minimum atomic E-state index is -0.942. The van der Waals surface area contributed by atoms with E-state index in [1.807, 2.05) is 20.8 Å². The van der Waals surface area contributed by atoms with E-state index in [1.54, 1.807) is 12.1 Å². The minimum Gasteiger partial charge on any atom is -0.481 e. The number of nitrogens with zero attached hydrogens (tertiary/aromatic N) is 1. The molecular weight excluding hydrogens is 258 g/mol. The third-order valence-corrected chi connectivity index (χ3v) is 3.02. The summed E-state index contributed by atoms with van der Waals surface area (Å²) >= 11 is 0. The number of hydrogen-bond acceptors (Lipinski definition) is 4. The van der Waals surface area contributed by atoms with Gasteiger partial charge in [0.25, 0.3) is 5.91 Å². The van der Waals surface area contributed by atoms with Gasteiger partial charge >= 0.3 is 5.97 Å². The van der Waals surface area contributed by atoms with Gasteiger partial charge in [-0.2, -0.15) is 0 Å². The number of rotatable bonds is 5. The van der Waals surface area contributed by atoms with Crippen LogP contribution in [0, 0.1) is 5.41 Å². The number of carbonyl (C=O) groups excluding carboxylic acids is 1. The molecule has 1 heterocycles. The first-order valence-corrected chi connectivity index (χ1v) is 6.41. The first-order chi connectivity index (χ1) is 9.24. The summed E-state index contributed by atoms with van der Waals surface area (Å²) in [6, 6.07) is 2.73.